The zero-order chi connectivity index (χ0) is 15.1. The summed E-state index contributed by atoms with van der Waals surface area (Å²) in [6.07, 6.45) is 1.09. The fourth-order valence-corrected chi connectivity index (χ4v) is 1.83. The van der Waals surface area contributed by atoms with Crippen LogP contribution in [0.3, 0.4) is 0 Å². The highest BCUT2D eigenvalue weighted by Crippen LogP contribution is 2.11. The molecule has 2 atom stereocenters. The van der Waals surface area contributed by atoms with Gasteiger partial charge in [0.1, 0.15) is 24.3 Å². The highest BCUT2D eigenvalue weighted by Gasteiger charge is 2.10. The quantitative estimate of drug-likeness (QED) is 0.821. The zero-order valence-corrected chi connectivity index (χ0v) is 11.9. The van der Waals surface area contributed by atoms with Gasteiger partial charge in [-0.25, -0.2) is 4.39 Å². The molecule has 2 unspecified atom stereocenters. The van der Waals surface area contributed by atoms with Gasteiger partial charge < -0.3 is 15.2 Å². The Hall–Kier alpha value is -1.98. The van der Waals surface area contributed by atoms with Crippen LogP contribution >= 0.6 is 0 Å². The normalized spacial score (nSPS) is 13.7. The van der Waals surface area contributed by atoms with Crippen LogP contribution in [0.2, 0.25) is 0 Å². The summed E-state index contributed by atoms with van der Waals surface area (Å²) in [5, 5.41) is 13.1. The molecule has 0 aliphatic rings. The van der Waals surface area contributed by atoms with E-state index < -0.39 is 6.10 Å². The van der Waals surface area contributed by atoms with Crippen LogP contribution < -0.4 is 10.1 Å². The van der Waals surface area contributed by atoms with E-state index in [1.165, 1.54) is 24.3 Å². The molecule has 0 saturated carbocycles. The predicted molar refractivity (Wildman–Crippen MR) is 78.6 cm³/mol. The van der Waals surface area contributed by atoms with Gasteiger partial charge in [0.25, 0.3) is 0 Å². The summed E-state index contributed by atoms with van der Waals surface area (Å²) in [7, 11) is 0. The Bertz CT molecular complexity index is 534. The molecule has 21 heavy (non-hydrogen) atoms. The highest BCUT2D eigenvalue weighted by atomic mass is 19.1. The second kappa shape index (κ2) is 7.71. The van der Waals surface area contributed by atoms with Crippen LogP contribution in [0, 0.1) is 5.82 Å². The number of hydrogen-bond acceptors (Lipinski definition) is 4. The van der Waals surface area contributed by atoms with E-state index in [2.05, 4.69) is 10.3 Å². The van der Waals surface area contributed by atoms with Crippen LogP contribution in [-0.4, -0.2) is 29.3 Å². The topological polar surface area (TPSA) is 54.4 Å². The molecule has 0 saturated heterocycles. The second-order valence-corrected chi connectivity index (χ2v) is 4.80. The molecule has 0 radical (unpaired) electrons. The third-order valence-electron chi connectivity index (χ3n) is 3.05. The number of aliphatic hydroxyl groups excluding tert-OH is 1. The van der Waals surface area contributed by atoms with E-state index >= 15 is 0 Å². The van der Waals surface area contributed by atoms with Crippen LogP contribution in [0.4, 0.5) is 4.39 Å². The Morgan fingerprint density at radius 3 is 2.67 bits per heavy atom. The SMILES string of the molecule is CC(NCC(O)COc1ccc(F)cc1)c1ccccn1. The fraction of sp³-hybridized carbons (Fsp3) is 0.312. The fourth-order valence-electron chi connectivity index (χ4n) is 1.83. The van der Waals surface area contributed by atoms with Crippen molar-refractivity contribution in [2.45, 2.75) is 19.1 Å². The van der Waals surface area contributed by atoms with Crippen molar-refractivity contribution in [3.05, 3.63) is 60.2 Å². The monoisotopic (exact) mass is 290 g/mol. The molecule has 0 fully saturated rings. The lowest BCUT2D eigenvalue weighted by Gasteiger charge is -2.17. The largest absolute Gasteiger partial charge is 0.491 e. The molecule has 5 heteroatoms. The van der Waals surface area contributed by atoms with Crippen molar-refractivity contribution in [1.29, 1.82) is 0 Å². The summed E-state index contributed by atoms with van der Waals surface area (Å²) in [5.74, 6) is 0.224. The van der Waals surface area contributed by atoms with Crippen molar-refractivity contribution >= 4 is 0 Å². The molecular formula is C16H19FN2O2. The third kappa shape index (κ3) is 5.13. The first-order chi connectivity index (χ1) is 10.1. The minimum absolute atomic E-state index is 0.0478. The Kier molecular flexibility index (Phi) is 5.66. The van der Waals surface area contributed by atoms with Gasteiger partial charge in [0.2, 0.25) is 0 Å². The predicted octanol–water partition coefficient (Wildman–Crippen LogP) is 2.31. The van der Waals surface area contributed by atoms with Crippen LogP contribution in [0.15, 0.2) is 48.7 Å². The molecule has 1 aromatic carbocycles. The molecule has 4 nitrogen and oxygen atoms in total. The number of hydrogen-bond donors (Lipinski definition) is 2. The van der Waals surface area contributed by atoms with E-state index in [0.717, 1.165) is 5.69 Å². The van der Waals surface area contributed by atoms with Crippen LogP contribution in [0.5, 0.6) is 5.75 Å². The van der Waals surface area contributed by atoms with Crippen molar-refractivity contribution in [3.8, 4) is 5.75 Å². The van der Waals surface area contributed by atoms with Crippen LogP contribution in [-0.2, 0) is 0 Å². The summed E-state index contributed by atoms with van der Waals surface area (Å²) in [6.45, 7) is 2.52. The minimum Gasteiger partial charge on any atom is -0.491 e. The summed E-state index contributed by atoms with van der Waals surface area (Å²) in [4.78, 5) is 4.25. The van der Waals surface area contributed by atoms with Crippen molar-refractivity contribution in [2.75, 3.05) is 13.2 Å². The van der Waals surface area contributed by atoms with Gasteiger partial charge in [-0.3, -0.25) is 4.98 Å². The van der Waals surface area contributed by atoms with Gasteiger partial charge in [-0.2, -0.15) is 0 Å². The van der Waals surface area contributed by atoms with Gasteiger partial charge >= 0.3 is 0 Å². The molecule has 0 spiro atoms. The molecule has 1 heterocycles. The molecule has 2 aromatic rings. The van der Waals surface area contributed by atoms with E-state index in [0.29, 0.717) is 12.3 Å². The number of nitrogens with zero attached hydrogens (tertiary/aromatic N) is 1. The lowest BCUT2D eigenvalue weighted by molar-refractivity contribution is 0.104. The molecule has 2 N–H and O–H groups in total. The third-order valence-corrected chi connectivity index (χ3v) is 3.05. The number of halogens is 1. The van der Waals surface area contributed by atoms with E-state index in [4.69, 9.17) is 4.74 Å². The van der Waals surface area contributed by atoms with Crippen molar-refractivity contribution in [3.63, 3.8) is 0 Å². The van der Waals surface area contributed by atoms with Gasteiger partial charge in [0.15, 0.2) is 0 Å². The number of pyridine rings is 1. The Morgan fingerprint density at radius 2 is 2.00 bits per heavy atom. The standard InChI is InChI=1S/C16H19FN2O2/c1-12(16-4-2-3-9-18-16)19-10-14(20)11-21-15-7-5-13(17)6-8-15/h2-9,12,14,19-20H,10-11H2,1H3. The number of aromatic nitrogens is 1. The number of aliphatic hydroxyl groups is 1. The maximum Gasteiger partial charge on any atom is 0.123 e. The summed E-state index contributed by atoms with van der Waals surface area (Å²) in [6, 6.07) is 11.5. The van der Waals surface area contributed by atoms with E-state index in [-0.39, 0.29) is 18.5 Å². The van der Waals surface area contributed by atoms with E-state index in [1.54, 1.807) is 6.20 Å². The van der Waals surface area contributed by atoms with Crippen LogP contribution in [0.25, 0.3) is 0 Å². The van der Waals surface area contributed by atoms with Crippen molar-refractivity contribution in [1.82, 2.24) is 10.3 Å². The molecule has 0 bridgehead atoms. The van der Waals surface area contributed by atoms with Crippen molar-refractivity contribution in [2.24, 2.45) is 0 Å². The maximum absolute atomic E-state index is 12.7. The maximum atomic E-state index is 12.7. The number of benzene rings is 1. The molecular weight excluding hydrogens is 271 g/mol. The van der Waals surface area contributed by atoms with Gasteiger partial charge in [0.05, 0.1) is 5.69 Å². The second-order valence-electron chi connectivity index (χ2n) is 4.80. The Labute approximate surface area is 123 Å². The number of rotatable bonds is 7. The van der Waals surface area contributed by atoms with Gasteiger partial charge in [-0.1, -0.05) is 6.07 Å². The number of nitrogens with one attached hydrogen (secondary N) is 1. The average molecular weight is 290 g/mol. The molecule has 112 valence electrons. The zero-order valence-electron chi connectivity index (χ0n) is 11.9. The molecule has 1 aromatic heterocycles. The van der Waals surface area contributed by atoms with E-state index in [9.17, 15) is 9.50 Å². The first-order valence-corrected chi connectivity index (χ1v) is 6.86. The first kappa shape index (κ1) is 15.4. The molecule has 0 aliphatic heterocycles. The molecule has 0 amide bonds. The average Bonchev–Trinajstić information content (AvgIpc) is 2.53. The lowest BCUT2D eigenvalue weighted by Crippen LogP contribution is -2.33. The Morgan fingerprint density at radius 1 is 1.24 bits per heavy atom. The van der Waals surface area contributed by atoms with E-state index in [1.807, 2.05) is 25.1 Å². The molecule has 2 rings (SSSR count). The van der Waals surface area contributed by atoms with Gasteiger partial charge in [-0.05, 0) is 43.3 Å². The smallest absolute Gasteiger partial charge is 0.123 e. The summed E-state index contributed by atoms with van der Waals surface area (Å²) < 4.78 is 18.1. The summed E-state index contributed by atoms with van der Waals surface area (Å²) in [5.41, 5.74) is 0.921. The lowest BCUT2D eigenvalue weighted by atomic mass is 10.2. The summed E-state index contributed by atoms with van der Waals surface area (Å²) >= 11 is 0. The number of ether oxygens (including phenoxy) is 1. The van der Waals surface area contributed by atoms with Crippen molar-refractivity contribution < 1.29 is 14.2 Å². The highest BCUT2D eigenvalue weighted by molar-refractivity contribution is 5.22. The molecule has 0 aliphatic carbocycles. The minimum atomic E-state index is -0.652. The Balaban J connectivity index is 1.72. The van der Waals surface area contributed by atoms with Gasteiger partial charge in [0, 0.05) is 18.8 Å². The first-order valence-electron chi connectivity index (χ1n) is 6.86. The van der Waals surface area contributed by atoms with Crippen LogP contribution in [0.1, 0.15) is 18.7 Å². The van der Waals surface area contributed by atoms with Gasteiger partial charge in [-0.15, -0.1) is 0 Å².